The van der Waals surface area contributed by atoms with Crippen LogP contribution in [0, 0.1) is 13.8 Å². The Bertz CT molecular complexity index is 1070. The standard InChI is InChI=1S/C27H22OS2/c1-19-5-3-7-25(17-19)29-23-13-9-21(10-14-23)27(28)22-11-15-24(16-12-22)30-26-8-4-6-20(2)18-26/h3-18H,1-2H3. The lowest BCUT2D eigenvalue weighted by Crippen LogP contribution is -2.00. The second-order valence-electron chi connectivity index (χ2n) is 7.22. The number of hydrogen-bond donors (Lipinski definition) is 0. The number of hydrogen-bond acceptors (Lipinski definition) is 3. The molecule has 4 aromatic rings. The molecule has 0 aliphatic heterocycles. The van der Waals surface area contributed by atoms with Crippen molar-refractivity contribution < 1.29 is 4.79 Å². The monoisotopic (exact) mass is 426 g/mol. The van der Waals surface area contributed by atoms with Crippen LogP contribution >= 0.6 is 23.5 Å². The first kappa shape index (κ1) is 20.5. The molecule has 0 fully saturated rings. The van der Waals surface area contributed by atoms with E-state index in [0.29, 0.717) is 11.1 Å². The van der Waals surface area contributed by atoms with Crippen LogP contribution in [0.5, 0.6) is 0 Å². The fourth-order valence-corrected chi connectivity index (χ4v) is 5.02. The van der Waals surface area contributed by atoms with Crippen LogP contribution in [0.2, 0.25) is 0 Å². The minimum atomic E-state index is 0.0502. The van der Waals surface area contributed by atoms with Crippen LogP contribution in [0.25, 0.3) is 0 Å². The highest BCUT2D eigenvalue weighted by molar-refractivity contribution is 7.99. The van der Waals surface area contributed by atoms with Crippen molar-refractivity contribution in [2.24, 2.45) is 0 Å². The van der Waals surface area contributed by atoms with Gasteiger partial charge in [-0.2, -0.15) is 0 Å². The lowest BCUT2D eigenvalue weighted by molar-refractivity contribution is 0.103. The van der Waals surface area contributed by atoms with Gasteiger partial charge in [0.25, 0.3) is 0 Å². The Morgan fingerprint density at radius 3 is 1.30 bits per heavy atom. The quantitative estimate of drug-likeness (QED) is 0.292. The largest absolute Gasteiger partial charge is 0.289 e. The van der Waals surface area contributed by atoms with Crippen LogP contribution in [-0.2, 0) is 0 Å². The summed E-state index contributed by atoms with van der Waals surface area (Å²) < 4.78 is 0. The number of rotatable bonds is 6. The third-order valence-electron chi connectivity index (χ3n) is 4.68. The molecule has 0 aliphatic rings. The number of ketones is 1. The topological polar surface area (TPSA) is 17.1 Å². The predicted molar refractivity (Wildman–Crippen MR) is 127 cm³/mol. The zero-order valence-corrected chi connectivity index (χ0v) is 18.6. The molecule has 3 heteroatoms. The molecule has 0 atom stereocenters. The molecule has 0 aromatic heterocycles. The van der Waals surface area contributed by atoms with Gasteiger partial charge in [0.1, 0.15) is 0 Å². The lowest BCUT2D eigenvalue weighted by atomic mass is 10.0. The Morgan fingerprint density at radius 2 is 0.933 bits per heavy atom. The predicted octanol–water partition coefficient (Wildman–Crippen LogP) is 7.84. The molecule has 0 bridgehead atoms. The molecule has 0 aliphatic carbocycles. The average molecular weight is 427 g/mol. The first-order chi connectivity index (χ1) is 14.6. The third kappa shape index (κ3) is 5.24. The van der Waals surface area contributed by atoms with Crippen LogP contribution in [0.4, 0.5) is 0 Å². The number of carbonyl (C=O) groups excluding carboxylic acids is 1. The zero-order chi connectivity index (χ0) is 20.9. The summed E-state index contributed by atoms with van der Waals surface area (Å²) >= 11 is 3.42. The van der Waals surface area contributed by atoms with Gasteiger partial charge in [-0.3, -0.25) is 4.79 Å². The minimum Gasteiger partial charge on any atom is -0.289 e. The maximum absolute atomic E-state index is 12.9. The maximum Gasteiger partial charge on any atom is 0.193 e. The van der Waals surface area contributed by atoms with Gasteiger partial charge in [0.05, 0.1) is 0 Å². The van der Waals surface area contributed by atoms with E-state index in [1.807, 2.05) is 48.5 Å². The van der Waals surface area contributed by atoms with E-state index in [0.717, 1.165) is 9.79 Å². The molecule has 0 saturated carbocycles. The summed E-state index contributed by atoms with van der Waals surface area (Å²) in [6.45, 7) is 4.19. The van der Waals surface area contributed by atoms with Gasteiger partial charge in [0.2, 0.25) is 0 Å². The van der Waals surface area contributed by atoms with E-state index in [-0.39, 0.29) is 5.78 Å². The van der Waals surface area contributed by atoms with E-state index < -0.39 is 0 Å². The van der Waals surface area contributed by atoms with Gasteiger partial charge in [-0.1, -0.05) is 58.9 Å². The summed E-state index contributed by atoms with van der Waals surface area (Å²) in [7, 11) is 0. The smallest absolute Gasteiger partial charge is 0.193 e. The van der Waals surface area contributed by atoms with Crippen molar-refractivity contribution in [2.45, 2.75) is 33.4 Å². The number of aryl methyl sites for hydroxylation is 2. The second kappa shape index (κ2) is 9.38. The van der Waals surface area contributed by atoms with Crippen LogP contribution < -0.4 is 0 Å². The fraction of sp³-hybridized carbons (Fsp3) is 0.0741. The Hall–Kier alpha value is -2.75. The van der Waals surface area contributed by atoms with Crippen molar-refractivity contribution in [2.75, 3.05) is 0 Å². The molecule has 0 spiro atoms. The van der Waals surface area contributed by atoms with Crippen LogP contribution in [0.15, 0.2) is 117 Å². The summed E-state index contributed by atoms with van der Waals surface area (Å²) in [6, 6.07) is 32.6. The fourth-order valence-electron chi connectivity index (χ4n) is 3.15. The van der Waals surface area contributed by atoms with Crippen molar-refractivity contribution in [1.29, 1.82) is 0 Å². The summed E-state index contributed by atoms with van der Waals surface area (Å²) in [6.07, 6.45) is 0. The number of benzene rings is 4. The van der Waals surface area contributed by atoms with Crippen molar-refractivity contribution in [3.8, 4) is 0 Å². The maximum atomic E-state index is 12.9. The molecule has 0 amide bonds. The lowest BCUT2D eigenvalue weighted by Gasteiger charge is -2.06. The molecule has 4 rings (SSSR count). The van der Waals surface area contributed by atoms with Crippen LogP contribution in [-0.4, -0.2) is 5.78 Å². The van der Waals surface area contributed by atoms with Gasteiger partial charge < -0.3 is 0 Å². The normalized spacial score (nSPS) is 10.7. The zero-order valence-electron chi connectivity index (χ0n) is 17.0. The molecule has 30 heavy (non-hydrogen) atoms. The van der Waals surface area contributed by atoms with Crippen LogP contribution in [0.1, 0.15) is 27.0 Å². The molecule has 0 N–H and O–H groups in total. The Morgan fingerprint density at radius 1 is 0.533 bits per heavy atom. The highest BCUT2D eigenvalue weighted by atomic mass is 32.2. The average Bonchev–Trinajstić information content (AvgIpc) is 2.74. The van der Waals surface area contributed by atoms with E-state index in [1.54, 1.807) is 23.5 Å². The van der Waals surface area contributed by atoms with Crippen molar-refractivity contribution in [3.05, 3.63) is 119 Å². The molecule has 0 heterocycles. The van der Waals surface area contributed by atoms with E-state index in [4.69, 9.17) is 0 Å². The molecule has 0 radical (unpaired) electrons. The number of carbonyl (C=O) groups is 1. The summed E-state index contributed by atoms with van der Waals surface area (Å²) in [4.78, 5) is 17.5. The van der Waals surface area contributed by atoms with Gasteiger partial charge in [0, 0.05) is 30.7 Å². The molecular formula is C27H22OS2. The molecule has 1 nitrogen and oxygen atoms in total. The van der Waals surface area contributed by atoms with Crippen LogP contribution in [0.3, 0.4) is 0 Å². The van der Waals surface area contributed by atoms with E-state index in [2.05, 4.69) is 62.4 Å². The molecule has 0 unspecified atom stereocenters. The van der Waals surface area contributed by atoms with Gasteiger partial charge in [-0.25, -0.2) is 0 Å². The Labute approximate surface area is 186 Å². The van der Waals surface area contributed by atoms with Gasteiger partial charge in [-0.05, 0) is 86.6 Å². The molecule has 4 aromatic carbocycles. The molecular weight excluding hydrogens is 404 g/mol. The summed E-state index contributed by atoms with van der Waals surface area (Å²) in [5, 5.41) is 0. The highest BCUT2D eigenvalue weighted by Crippen LogP contribution is 2.30. The van der Waals surface area contributed by atoms with Gasteiger partial charge in [0.15, 0.2) is 5.78 Å². The van der Waals surface area contributed by atoms with E-state index >= 15 is 0 Å². The van der Waals surface area contributed by atoms with Crippen molar-refractivity contribution in [3.63, 3.8) is 0 Å². The van der Waals surface area contributed by atoms with Gasteiger partial charge in [-0.15, -0.1) is 0 Å². The van der Waals surface area contributed by atoms with Gasteiger partial charge >= 0.3 is 0 Å². The molecule has 0 saturated heterocycles. The Balaban J connectivity index is 1.43. The first-order valence-corrected chi connectivity index (χ1v) is 11.4. The summed E-state index contributed by atoms with van der Waals surface area (Å²) in [5.41, 5.74) is 3.91. The Kier molecular flexibility index (Phi) is 6.41. The third-order valence-corrected chi connectivity index (χ3v) is 6.68. The highest BCUT2D eigenvalue weighted by Gasteiger charge is 2.10. The molecule has 148 valence electrons. The van der Waals surface area contributed by atoms with E-state index in [1.165, 1.54) is 20.9 Å². The van der Waals surface area contributed by atoms with Crippen molar-refractivity contribution in [1.82, 2.24) is 0 Å². The minimum absolute atomic E-state index is 0.0502. The van der Waals surface area contributed by atoms with E-state index in [9.17, 15) is 4.79 Å². The SMILES string of the molecule is Cc1cccc(Sc2ccc(C(=O)c3ccc(Sc4cccc(C)c4)cc3)cc2)c1. The second-order valence-corrected chi connectivity index (χ2v) is 9.51. The summed E-state index contributed by atoms with van der Waals surface area (Å²) in [5.74, 6) is 0.0502. The van der Waals surface area contributed by atoms with Crippen molar-refractivity contribution >= 4 is 29.3 Å². The first-order valence-electron chi connectivity index (χ1n) is 9.81.